The van der Waals surface area contributed by atoms with Gasteiger partial charge in [-0.1, -0.05) is 6.92 Å². The molecule has 0 aliphatic heterocycles. The molecule has 0 aliphatic carbocycles. The van der Waals surface area contributed by atoms with Crippen molar-refractivity contribution in [1.82, 2.24) is 30.0 Å². The SMILES string of the molecule is CCc1nncn1CCNC(=NC)NCCn1cccc1.I. The highest BCUT2D eigenvalue weighted by Crippen LogP contribution is 1.94. The van der Waals surface area contributed by atoms with Crippen LogP contribution in [0.4, 0.5) is 0 Å². The van der Waals surface area contributed by atoms with Crippen LogP contribution < -0.4 is 10.6 Å². The molecule has 7 nitrogen and oxygen atoms in total. The van der Waals surface area contributed by atoms with Crippen molar-refractivity contribution < 1.29 is 0 Å². The van der Waals surface area contributed by atoms with Gasteiger partial charge < -0.3 is 19.8 Å². The van der Waals surface area contributed by atoms with Crippen LogP contribution in [0.5, 0.6) is 0 Å². The Bertz CT molecular complexity index is 547. The van der Waals surface area contributed by atoms with Gasteiger partial charge in [-0.2, -0.15) is 0 Å². The Kier molecular flexibility index (Phi) is 8.56. The van der Waals surface area contributed by atoms with Crippen molar-refractivity contribution in [2.75, 3.05) is 20.1 Å². The number of halogens is 1. The Balaban J connectivity index is 0.00000242. The smallest absolute Gasteiger partial charge is 0.191 e. The van der Waals surface area contributed by atoms with Gasteiger partial charge in [0.05, 0.1) is 0 Å². The summed E-state index contributed by atoms with van der Waals surface area (Å²) in [4.78, 5) is 4.21. The summed E-state index contributed by atoms with van der Waals surface area (Å²) in [7, 11) is 1.78. The largest absolute Gasteiger partial charge is 0.355 e. The summed E-state index contributed by atoms with van der Waals surface area (Å²) in [5.41, 5.74) is 0. The number of aromatic nitrogens is 4. The van der Waals surface area contributed by atoms with E-state index in [0.717, 1.165) is 44.4 Å². The van der Waals surface area contributed by atoms with E-state index in [1.165, 1.54) is 0 Å². The summed E-state index contributed by atoms with van der Waals surface area (Å²) in [6, 6.07) is 4.05. The normalized spacial score (nSPS) is 11.1. The van der Waals surface area contributed by atoms with E-state index in [2.05, 4.69) is 54.3 Å². The van der Waals surface area contributed by atoms with Gasteiger partial charge in [0.2, 0.25) is 0 Å². The molecule has 0 saturated carbocycles. The summed E-state index contributed by atoms with van der Waals surface area (Å²) < 4.78 is 4.19. The fraction of sp³-hybridized carbons (Fsp3) is 0.500. The van der Waals surface area contributed by atoms with Crippen molar-refractivity contribution in [3.05, 3.63) is 36.7 Å². The van der Waals surface area contributed by atoms with Gasteiger partial charge in [-0.15, -0.1) is 34.2 Å². The van der Waals surface area contributed by atoms with Crippen LogP contribution in [0.25, 0.3) is 0 Å². The van der Waals surface area contributed by atoms with Gasteiger partial charge >= 0.3 is 0 Å². The number of aryl methyl sites for hydroxylation is 1. The fourth-order valence-corrected chi connectivity index (χ4v) is 2.08. The Labute approximate surface area is 148 Å². The summed E-state index contributed by atoms with van der Waals surface area (Å²) in [6.07, 6.45) is 6.76. The molecular formula is C14H24IN7. The third kappa shape index (κ3) is 5.66. The van der Waals surface area contributed by atoms with E-state index in [1.807, 2.05) is 12.1 Å². The average molecular weight is 417 g/mol. The van der Waals surface area contributed by atoms with Crippen LogP contribution in [0.1, 0.15) is 12.7 Å². The van der Waals surface area contributed by atoms with E-state index in [4.69, 9.17) is 0 Å². The Hall–Kier alpha value is -1.58. The van der Waals surface area contributed by atoms with Crippen LogP contribution in [-0.2, 0) is 19.5 Å². The van der Waals surface area contributed by atoms with E-state index >= 15 is 0 Å². The van der Waals surface area contributed by atoms with Crippen molar-refractivity contribution in [2.24, 2.45) is 4.99 Å². The second-order valence-corrected chi connectivity index (χ2v) is 4.64. The molecule has 2 aromatic heterocycles. The zero-order chi connectivity index (χ0) is 14.9. The first-order valence-electron chi connectivity index (χ1n) is 7.25. The number of rotatable bonds is 7. The van der Waals surface area contributed by atoms with Gasteiger partial charge in [0.1, 0.15) is 12.2 Å². The zero-order valence-electron chi connectivity index (χ0n) is 13.1. The zero-order valence-corrected chi connectivity index (χ0v) is 15.4. The highest BCUT2D eigenvalue weighted by molar-refractivity contribution is 14.0. The molecule has 0 atom stereocenters. The Morgan fingerprint density at radius 2 is 1.86 bits per heavy atom. The van der Waals surface area contributed by atoms with Gasteiger partial charge in [-0.3, -0.25) is 4.99 Å². The first kappa shape index (κ1) is 18.5. The molecule has 2 N–H and O–H groups in total. The summed E-state index contributed by atoms with van der Waals surface area (Å²) in [5.74, 6) is 1.82. The van der Waals surface area contributed by atoms with Crippen LogP contribution in [0.2, 0.25) is 0 Å². The van der Waals surface area contributed by atoms with Crippen LogP contribution in [0, 0.1) is 0 Å². The topological polar surface area (TPSA) is 72.1 Å². The molecule has 2 heterocycles. The minimum Gasteiger partial charge on any atom is -0.355 e. The molecule has 2 aromatic rings. The number of guanidine groups is 1. The first-order valence-corrected chi connectivity index (χ1v) is 7.25. The predicted molar refractivity (Wildman–Crippen MR) is 98.6 cm³/mol. The summed E-state index contributed by atoms with van der Waals surface area (Å²) >= 11 is 0. The molecule has 0 fully saturated rings. The number of hydrogen-bond acceptors (Lipinski definition) is 3. The highest BCUT2D eigenvalue weighted by atomic mass is 127. The Morgan fingerprint density at radius 1 is 1.18 bits per heavy atom. The van der Waals surface area contributed by atoms with E-state index < -0.39 is 0 Å². The molecule has 0 bridgehead atoms. The maximum Gasteiger partial charge on any atom is 0.191 e. The lowest BCUT2D eigenvalue weighted by Gasteiger charge is -2.13. The van der Waals surface area contributed by atoms with Gasteiger partial charge in [0.25, 0.3) is 0 Å². The molecule has 8 heteroatoms. The molecule has 122 valence electrons. The molecule has 0 unspecified atom stereocenters. The molecular weight excluding hydrogens is 393 g/mol. The summed E-state index contributed by atoms with van der Waals surface area (Å²) in [5, 5.41) is 14.6. The molecule has 0 aliphatic rings. The fourth-order valence-electron chi connectivity index (χ4n) is 2.08. The monoisotopic (exact) mass is 417 g/mol. The number of nitrogens with one attached hydrogen (secondary N) is 2. The van der Waals surface area contributed by atoms with Crippen molar-refractivity contribution in [1.29, 1.82) is 0 Å². The third-order valence-electron chi connectivity index (χ3n) is 3.21. The lowest BCUT2D eigenvalue weighted by atomic mass is 10.4. The van der Waals surface area contributed by atoms with Crippen LogP contribution in [-0.4, -0.2) is 45.4 Å². The van der Waals surface area contributed by atoms with Crippen molar-refractivity contribution in [3.8, 4) is 0 Å². The Morgan fingerprint density at radius 3 is 2.50 bits per heavy atom. The molecule has 0 radical (unpaired) electrons. The van der Waals surface area contributed by atoms with Crippen LogP contribution in [0.3, 0.4) is 0 Å². The minimum absolute atomic E-state index is 0. The van der Waals surface area contributed by atoms with Crippen molar-refractivity contribution >= 4 is 29.9 Å². The van der Waals surface area contributed by atoms with Gasteiger partial charge in [0.15, 0.2) is 5.96 Å². The van der Waals surface area contributed by atoms with Crippen LogP contribution in [0.15, 0.2) is 35.8 Å². The lowest BCUT2D eigenvalue weighted by molar-refractivity contribution is 0.623. The highest BCUT2D eigenvalue weighted by Gasteiger charge is 2.02. The van der Waals surface area contributed by atoms with E-state index in [1.54, 1.807) is 13.4 Å². The maximum atomic E-state index is 4.21. The van der Waals surface area contributed by atoms with Crippen molar-refractivity contribution in [2.45, 2.75) is 26.4 Å². The molecule has 22 heavy (non-hydrogen) atoms. The van der Waals surface area contributed by atoms with Gasteiger partial charge in [-0.25, -0.2) is 0 Å². The second-order valence-electron chi connectivity index (χ2n) is 4.64. The lowest BCUT2D eigenvalue weighted by Crippen LogP contribution is -2.40. The number of nitrogens with zero attached hydrogens (tertiary/aromatic N) is 5. The predicted octanol–water partition coefficient (Wildman–Crippen LogP) is 1.13. The van der Waals surface area contributed by atoms with Gasteiger partial charge in [0, 0.05) is 52.0 Å². The van der Waals surface area contributed by atoms with Crippen LogP contribution >= 0.6 is 24.0 Å². The van der Waals surface area contributed by atoms with E-state index in [0.29, 0.717) is 0 Å². The van der Waals surface area contributed by atoms with E-state index in [9.17, 15) is 0 Å². The third-order valence-corrected chi connectivity index (χ3v) is 3.21. The van der Waals surface area contributed by atoms with E-state index in [-0.39, 0.29) is 24.0 Å². The quantitative estimate of drug-likeness (QED) is 0.403. The molecule has 0 amide bonds. The standard InChI is InChI=1S/C14H23N7.HI/c1-3-13-19-18-12-21(13)11-7-17-14(15-2)16-6-10-20-8-4-5-9-20;/h4-5,8-9,12H,3,6-7,10-11H2,1-2H3,(H2,15,16,17);1H. The molecule has 0 saturated heterocycles. The number of aliphatic imine (C=N–C) groups is 1. The second kappa shape index (κ2) is 10.2. The first-order chi connectivity index (χ1) is 10.3. The number of hydrogen-bond donors (Lipinski definition) is 2. The minimum atomic E-state index is 0. The average Bonchev–Trinajstić information content (AvgIpc) is 3.16. The molecule has 0 aromatic carbocycles. The molecule has 2 rings (SSSR count). The van der Waals surface area contributed by atoms with Gasteiger partial charge in [-0.05, 0) is 12.1 Å². The maximum absolute atomic E-state index is 4.21. The summed E-state index contributed by atoms with van der Waals surface area (Å²) in [6.45, 7) is 5.44. The van der Waals surface area contributed by atoms with Crippen molar-refractivity contribution in [3.63, 3.8) is 0 Å². The molecule has 0 spiro atoms.